The second kappa shape index (κ2) is 9.24. The minimum Gasteiger partial charge on any atom is -0.353 e. The van der Waals surface area contributed by atoms with Crippen LogP contribution in [0.5, 0.6) is 0 Å². The van der Waals surface area contributed by atoms with E-state index in [0.717, 1.165) is 17.7 Å². The summed E-state index contributed by atoms with van der Waals surface area (Å²) in [5, 5.41) is 3.32. The van der Waals surface area contributed by atoms with Gasteiger partial charge in [-0.3, -0.25) is 4.79 Å². The third kappa shape index (κ3) is 5.35. The van der Waals surface area contributed by atoms with E-state index >= 15 is 0 Å². The smallest absolute Gasteiger partial charge is 0.223 e. The average molecular weight is 387 g/mol. The van der Waals surface area contributed by atoms with Crippen LogP contribution in [0.15, 0.2) is 29.2 Å². The van der Waals surface area contributed by atoms with Gasteiger partial charge in [-0.25, -0.2) is 4.39 Å². The maximum absolute atomic E-state index is 12.9. The van der Waals surface area contributed by atoms with Crippen LogP contribution in [0, 0.1) is 23.6 Å². The van der Waals surface area contributed by atoms with Crippen LogP contribution in [0.2, 0.25) is 0 Å². The number of nitrogens with two attached hydrogens (primary N) is 1. The molecule has 0 saturated heterocycles. The number of thioether (sulfide) groups is 1. The van der Waals surface area contributed by atoms with Crippen LogP contribution in [0.1, 0.15) is 39.0 Å². The predicted molar refractivity (Wildman–Crippen MR) is 104 cm³/mol. The van der Waals surface area contributed by atoms with Crippen LogP contribution >= 0.6 is 24.2 Å². The Kier molecular flexibility index (Phi) is 7.59. The molecule has 0 heterocycles. The van der Waals surface area contributed by atoms with Gasteiger partial charge in [-0.2, -0.15) is 0 Å². The molecule has 3 unspecified atom stereocenters. The van der Waals surface area contributed by atoms with Crippen molar-refractivity contribution < 1.29 is 9.18 Å². The van der Waals surface area contributed by atoms with Crippen molar-refractivity contribution in [2.24, 2.45) is 23.5 Å². The van der Waals surface area contributed by atoms with Gasteiger partial charge in [-0.05, 0) is 61.8 Å². The van der Waals surface area contributed by atoms with Crippen molar-refractivity contribution in [3.63, 3.8) is 0 Å². The number of halogens is 2. The molecule has 0 aliphatic heterocycles. The minimum atomic E-state index is -0.229. The molecule has 3 rings (SSSR count). The summed E-state index contributed by atoms with van der Waals surface area (Å²) in [6, 6.07) is 7.05. The van der Waals surface area contributed by atoms with Crippen molar-refractivity contribution in [3.8, 4) is 0 Å². The van der Waals surface area contributed by atoms with Crippen LogP contribution in [0.25, 0.3) is 0 Å². The van der Waals surface area contributed by atoms with Crippen molar-refractivity contribution in [3.05, 3.63) is 30.1 Å². The highest BCUT2D eigenvalue weighted by molar-refractivity contribution is 7.99. The first-order valence-electron chi connectivity index (χ1n) is 8.97. The summed E-state index contributed by atoms with van der Waals surface area (Å²) in [6.07, 6.45) is 5.73. The highest BCUT2D eigenvalue weighted by atomic mass is 35.5. The van der Waals surface area contributed by atoms with Gasteiger partial charge in [0.05, 0.1) is 0 Å². The zero-order valence-corrected chi connectivity index (χ0v) is 16.3. The monoisotopic (exact) mass is 386 g/mol. The number of rotatable bonds is 5. The number of benzene rings is 1. The van der Waals surface area contributed by atoms with Gasteiger partial charge in [0.25, 0.3) is 0 Å². The maximum atomic E-state index is 12.9. The summed E-state index contributed by atoms with van der Waals surface area (Å²) in [4.78, 5) is 13.6. The van der Waals surface area contributed by atoms with Crippen molar-refractivity contribution in [1.29, 1.82) is 0 Å². The summed E-state index contributed by atoms with van der Waals surface area (Å²) in [6.45, 7) is 1.97. The van der Waals surface area contributed by atoms with E-state index in [-0.39, 0.29) is 30.0 Å². The quantitative estimate of drug-likeness (QED) is 0.752. The molecule has 1 aromatic carbocycles. The summed E-state index contributed by atoms with van der Waals surface area (Å²) >= 11 is 1.60. The second-order valence-electron chi connectivity index (χ2n) is 7.38. The Morgan fingerprint density at radius 2 is 1.88 bits per heavy atom. The predicted octanol–water partition coefficient (Wildman–Crippen LogP) is 4.00. The van der Waals surface area contributed by atoms with Gasteiger partial charge in [0.15, 0.2) is 0 Å². The molecule has 0 aromatic heterocycles. The number of amides is 1. The normalized spacial score (nSPS) is 29.4. The Labute approximate surface area is 160 Å². The Hall–Kier alpha value is -0.780. The molecule has 3 atom stereocenters. The molecule has 1 aromatic rings. The Bertz CT molecular complexity index is 557. The molecule has 2 saturated carbocycles. The molecule has 3 nitrogen and oxygen atoms in total. The van der Waals surface area contributed by atoms with Crippen LogP contribution in [0.3, 0.4) is 0 Å². The van der Waals surface area contributed by atoms with Gasteiger partial charge in [0, 0.05) is 28.6 Å². The standard InChI is InChI=1S/C19H27FN2OS.ClH/c1-12(11-24-17-7-5-15(20)6-8-17)19(23)22-18-13-3-2-4-14(18)10-16(21)9-13;/h5-8,12-14,16,18H,2-4,9-11,21H2,1H3,(H,22,23);1H. The fourth-order valence-electron chi connectivity index (χ4n) is 4.16. The summed E-state index contributed by atoms with van der Waals surface area (Å²) < 4.78 is 12.9. The van der Waals surface area contributed by atoms with Gasteiger partial charge in [0.2, 0.25) is 5.91 Å². The second-order valence-corrected chi connectivity index (χ2v) is 8.48. The molecule has 6 heteroatoms. The van der Waals surface area contributed by atoms with Gasteiger partial charge < -0.3 is 11.1 Å². The number of carbonyl (C=O) groups is 1. The molecule has 140 valence electrons. The molecule has 1 amide bonds. The first-order valence-corrected chi connectivity index (χ1v) is 9.96. The molecule has 2 fully saturated rings. The van der Waals surface area contributed by atoms with Crippen molar-refractivity contribution >= 4 is 30.1 Å². The fraction of sp³-hybridized carbons (Fsp3) is 0.632. The average Bonchev–Trinajstić information content (AvgIpc) is 2.54. The number of hydrogen-bond acceptors (Lipinski definition) is 3. The van der Waals surface area contributed by atoms with Crippen molar-refractivity contribution in [2.75, 3.05) is 5.75 Å². The highest BCUT2D eigenvalue weighted by Gasteiger charge is 2.40. The van der Waals surface area contributed by atoms with E-state index in [0.29, 0.717) is 29.7 Å². The number of fused-ring (bicyclic) bond motifs is 2. The van der Waals surface area contributed by atoms with E-state index in [4.69, 9.17) is 5.73 Å². The van der Waals surface area contributed by atoms with Gasteiger partial charge >= 0.3 is 0 Å². The third-order valence-electron chi connectivity index (χ3n) is 5.45. The molecule has 0 spiro atoms. The van der Waals surface area contributed by atoms with E-state index in [9.17, 15) is 9.18 Å². The van der Waals surface area contributed by atoms with Crippen molar-refractivity contribution in [1.82, 2.24) is 5.32 Å². The topological polar surface area (TPSA) is 55.1 Å². The summed E-state index contributed by atoms with van der Waals surface area (Å²) in [5.74, 6) is 1.66. The van der Waals surface area contributed by atoms with E-state index in [1.807, 2.05) is 6.92 Å². The van der Waals surface area contributed by atoms with Gasteiger partial charge in [-0.15, -0.1) is 24.2 Å². The lowest BCUT2D eigenvalue weighted by molar-refractivity contribution is -0.126. The first-order chi connectivity index (χ1) is 11.5. The van der Waals surface area contributed by atoms with E-state index in [2.05, 4.69) is 5.32 Å². The Morgan fingerprint density at radius 1 is 1.28 bits per heavy atom. The lowest BCUT2D eigenvalue weighted by Gasteiger charge is -2.45. The van der Waals surface area contributed by atoms with E-state index in [1.165, 1.54) is 31.4 Å². The largest absolute Gasteiger partial charge is 0.353 e. The molecule has 2 aliphatic carbocycles. The zero-order chi connectivity index (χ0) is 17.1. The van der Waals surface area contributed by atoms with Gasteiger partial charge in [0.1, 0.15) is 5.82 Å². The molecular formula is C19H28ClFN2OS. The fourth-order valence-corrected chi connectivity index (χ4v) is 5.08. The molecule has 2 bridgehead atoms. The molecular weight excluding hydrogens is 359 g/mol. The van der Waals surface area contributed by atoms with Crippen LogP contribution in [0.4, 0.5) is 4.39 Å². The lowest BCUT2D eigenvalue weighted by Crippen LogP contribution is -2.54. The summed E-state index contributed by atoms with van der Waals surface area (Å²) in [7, 11) is 0. The molecule has 3 N–H and O–H groups in total. The molecule has 25 heavy (non-hydrogen) atoms. The first kappa shape index (κ1) is 20.5. The maximum Gasteiger partial charge on any atom is 0.223 e. The van der Waals surface area contributed by atoms with Crippen LogP contribution in [-0.4, -0.2) is 23.7 Å². The number of hydrogen-bond donors (Lipinski definition) is 2. The van der Waals surface area contributed by atoms with E-state index in [1.54, 1.807) is 23.9 Å². The Morgan fingerprint density at radius 3 is 2.48 bits per heavy atom. The van der Waals surface area contributed by atoms with E-state index < -0.39 is 0 Å². The SMILES string of the molecule is CC(CSc1ccc(F)cc1)C(=O)NC1C2CCCC1CC(N)C2.Cl. The zero-order valence-electron chi connectivity index (χ0n) is 14.6. The number of nitrogens with one attached hydrogen (secondary N) is 1. The molecule has 2 aliphatic rings. The Balaban J connectivity index is 0.00000225. The van der Waals surface area contributed by atoms with Crippen LogP contribution < -0.4 is 11.1 Å². The lowest BCUT2D eigenvalue weighted by atomic mass is 9.67. The third-order valence-corrected chi connectivity index (χ3v) is 6.72. The summed E-state index contributed by atoms with van der Waals surface area (Å²) in [5.41, 5.74) is 6.16. The highest BCUT2D eigenvalue weighted by Crippen LogP contribution is 2.39. The molecule has 0 radical (unpaired) electrons. The number of carbonyl (C=O) groups excluding carboxylic acids is 1. The van der Waals surface area contributed by atoms with Gasteiger partial charge in [-0.1, -0.05) is 13.3 Å². The minimum absolute atomic E-state index is 0. The van der Waals surface area contributed by atoms with Crippen molar-refractivity contribution in [2.45, 2.75) is 56.0 Å². The van der Waals surface area contributed by atoms with Crippen LogP contribution in [-0.2, 0) is 4.79 Å².